The Morgan fingerprint density at radius 2 is 1.42 bits per heavy atom. The molecule has 1 aliphatic rings. The molecule has 0 aliphatic carbocycles. The van der Waals surface area contributed by atoms with Crippen LogP contribution in [0.5, 0.6) is 0 Å². The molecule has 31 heavy (non-hydrogen) atoms. The Balaban J connectivity index is 2.22. The van der Waals surface area contributed by atoms with Crippen molar-refractivity contribution in [3.63, 3.8) is 0 Å². The van der Waals surface area contributed by atoms with Crippen molar-refractivity contribution in [2.24, 2.45) is 0 Å². The summed E-state index contributed by atoms with van der Waals surface area (Å²) in [5.74, 6) is 0. The molecule has 0 unspecified atom stereocenters. The topological polar surface area (TPSA) is 59.1 Å². The van der Waals surface area contributed by atoms with Gasteiger partial charge in [0.2, 0.25) is 0 Å². The van der Waals surface area contributed by atoms with Gasteiger partial charge in [-0.3, -0.25) is 0 Å². The molecule has 0 spiro atoms. The SMILES string of the molecule is C=C(c1ccc(C)cc1)[C@H]1[C@H](CCCCCCCC)N(C(=O)OCC)N1C(=O)OCC. The zero-order chi connectivity index (χ0) is 22.8. The van der Waals surface area contributed by atoms with Crippen LogP contribution in [0.3, 0.4) is 0 Å². The van der Waals surface area contributed by atoms with Gasteiger partial charge in [-0.05, 0) is 38.3 Å². The molecule has 0 bridgehead atoms. The highest BCUT2D eigenvalue weighted by atomic mass is 16.6. The van der Waals surface area contributed by atoms with E-state index in [4.69, 9.17) is 9.47 Å². The van der Waals surface area contributed by atoms with Gasteiger partial charge in [0.1, 0.15) is 6.04 Å². The summed E-state index contributed by atoms with van der Waals surface area (Å²) < 4.78 is 10.5. The molecule has 172 valence electrons. The molecule has 0 N–H and O–H groups in total. The smallest absolute Gasteiger partial charge is 0.429 e. The molecule has 1 aromatic rings. The molecule has 0 saturated carbocycles. The molecular weight excluding hydrogens is 392 g/mol. The van der Waals surface area contributed by atoms with Crippen molar-refractivity contribution in [2.75, 3.05) is 13.2 Å². The number of ether oxygens (including phenoxy) is 2. The van der Waals surface area contributed by atoms with Crippen molar-refractivity contribution in [3.05, 3.63) is 42.0 Å². The fourth-order valence-corrected chi connectivity index (χ4v) is 4.06. The van der Waals surface area contributed by atoms with Gasteiger partial charge >= 0.3 is 12.2 Å². The lowest BCUT2D eigenvalue weighted by molar-refractivity contribution is -0.147. The Morgan fingerprint density at radius 3 is 2.00 bits per heavy atom. The molecular formula is C25H38N2O4. The minimum Gasteiger partial charge on any atom is -0.448 e. The van der Waals surface area contributed by atoms with Gasteiger partial charge in [-0.15, -0.1) is 0 Å². The van der Waals surface area contributed by atoms with Crippen LogP contribution in [0.15, 0.2) is 30.8 Å². The molecule has 1 saturated heterocycles. The number of carbonyl (C=O) groups is 2. The molecule has 2 amide bonds. The summed E-state index contributed by atoms with van der Waals surface area (Å²) in [4.78, 5) is 25.5. The molecule has 0 radical (unpaired) electrons. The number of unbranched alkanes of at least 4 members (excludes halogenated alkanes) is 5. The van der Waals surface area contributed by atoms with Gasteiger partial charge in [-0.2, -0.15) is 0 Å². The van der Waals surface area contributed by atoms with Crippen LogP contribution in [0.4, 0.5) is 9.59 Å². The second-order valence-electron chi connectivity index (χ2n) is 8.05. The maximum Gasteiger partial charge on any atom is 0.429 e. The lowest BCUT2D eigenvalue weighted by Gasteiger charge is -2.55. The van der Waals surface area contributed by atoms with Gasteiger partial charge in [0, 0.05) is 0 Å². The highest BCUT2D eigenvalue weighted by molar-refractivity contribution is 5.82. The third-order valence-corrected chi connectivity index (χ3v) is 5.72. The highest BCUT2D eigenvalue weighted by Crippen LogP contribution is 2.39. The van der Waals surface area contributed by atoms with E-state index in [-0.39, 0.29) is 25.3 Å². The first-order chi connectivity index (χ1) is 15.0. The van der Waals surface area contributed by atoms with Gasteiger partial charge in [0.25, 0.3) is 0 Å². The summed E-state index contributed by atoms with van der Waals surface area (Å²) in [5.41, 5.74) is 2.93. The predicted molar refractivity (Wildman–Crippen MR) is 124 cm³/mol. The number of nitrogens with zero attached hydrogens (tertiary/aromatic N) is 2. The van der Waals surface area contributed by atoms with E-state index < -0.39 is 12.2 Å². The molecule has 0 aromatic heterocycles. The molecule has 1 aliphatic heterocycles. The number of amides is 2. The van der Waals surface area contributed by atoms with Crippen molar-refractivity contribution in [1.29, 1.82) is 0 Å². The highest BCUT2D eigenvalue weighted by Gasteiger charge is 2.54. The third kappa shape index (κ3) is 6.25. The van der Waals surface area contributed by atoms with E-state index >= 15 is 0 Å². The Bertz CT molecular complexity index is 732. The Morgan fingerprint density at radius 1 is 0.871 bits per heavy atom. The van der Waals surface area contributed by atoms with Gasteiger partial charge in [0.05, 0.1) is 19.3 Å². The van der Waals surface area contributed by atoms with E-state index in [1.807, 2.05) is 31.2 Å². The van der Waals surface area contributed by atoms with Crippen LogP contribution < -0.4 is 0 Å². The lowest BCUT2D eigenvalue weighted by atomic mass is 9.86. The molecule has 2 atom stereocenters. The van der Waals surface area contributed by atoms with E-state index in [2.05, 4.69) is 13.5 Å². The number of hydrogen-bond donors (Lipinski definition) is 0. The number of aryl methyl sites for hydroxylation is 1. The zero-order valence-corrected chi connectivity index (χ0v) is 19.6. The second kappa shape index (κ2) is 12.4. The lowest BCUT2D eigenvalue weighted by Crippen LogP contribution is -2.74. The number of rotatable bonds is 11. The van der Waals surface area contributed by atoms with Crippen LogP contribution in [-0.4, -0.2) is 47.5 Å². The van der Waals surface area contributed by atoms with E-state index in [0.717, 1.165) is 36.0 Å². The van der Waals surface area contributed by atoms with Gasteiger partial charge in [-0.1, -0.05) is 81.9 Å². The maximum atomic E-state index is 12.8. The Hall–Kier alpha value is -2.50. The molecule has 6 nitrogen and oxygen atoms in total. The van der Waals surface area contributed by atoms with Crippen LogP contribution in [-0.2, 0) is 9.47 Å². The predicted octanol–water partition coefficient (Wildman–Crippen LogP) is 6.34. The maximum absolute atomic E-state index is 12.8. The zero-order valence-electron chi connectivity index (χ0n) is 19.6. The number of benzene rings is 1. The quantitative estimate of drug-likeness (QED) is 0.384. The van der Waals surface area contributed by atoms with Crippen LogP contribution in [0.25, 0.3) is 5.57 Å². The van der Waals surface area contributed by atoms with Crippen LogP contribution >= 0.6 is 0 Å². The summed E-state index contributed by atoms with van der Waals surface area (Å²) >= 11 is 0. The largest absolute Gasteiger partial charge is 0.448 e. The summed E-state index contributed by atoms with van der Waals surface area (Å²) in [5, 5.41) is 2.81. The van der Waals surface area contributed by atoms with Crippen molar-refractivity contribution >= 4 is 17.8 Å². The first kappa shape index (κ1) is 24.8. The van der Waals surface area contributed by atoms with E-state index in [0.29, 0.717) is 0 Å². The monoisotopic (exact) mass is 430 g/mol. The van der Waals surface area contributed by atoms with E-state index in [1.165, 1.54) is 35.7 Å². The molecule has 1 fully saturated rings. The minimum absolute atomic E-state index is 0.177. The normalized spacial score (nSPS) is 17.8. The van der Waals surface area contributed by atoms with Gasteiger partial charge in [0.15, 0.2) is 0 Å². The molecule has 1 aromatic carbocycles. The second-order valence-corrected chi connectivity index (χ2v) is 8.05. The van der Waals surface area contributed by atoms with E-state index in [1.54, 1.807) is 13.8 Å². The van der Waals surface area contributed by atoms with E-state index in [9.17, 15) is 9.59 Å². The summed E-state index contributed by atoms with van der Waals surface area (Å²) in [6.45, 7) is 12.5. The van der Waals surface area contributed by atoms with Crippen molar-refractivity contribution in [3.8, 4) is 0 Å². The summed E-state index contributed by atoms with van der Waals surface area (Å²) in [6.07, 6.45) is 6.70. The minimum atomic E-state index is -0.548. The van der Waals surface area contributed by atoms with Crippen LogP contribution in [0, 0.1) is 6.92 Å². The standard InChI is InChI=1S/C25H38N2O4/c1-6-9-10-11-12-13-14-22-23(20(5)21-17-15-19(4)16-18-21)27(25(29)31-8-3)26(22)24(28)30-7-2/h15-18,22-23H,5-14H2,1-4H3/t22-,23-/m0/s1. The first-order valence-corrected chi connectivity index (χ1v) is 11.6. The van der Waals surface area contributed by atoms with Gasteiger partial charge < -0.3 is 9.47 Å². The summed E-state index contributed by atoms with van der Waals surface area (Å²) in [6, 6.07) is 7.57. The van der Waals surface area contributed by atoms with Crippen molar-refractivity contribution in [1.82, 2.24) is 10.0 Å². The molecule has 2 rings (SSSR count). The number of carbonyl (C=O) groups excluding carboxylic acids is 2. The first-order valence-electron chi connectivity index (χ1n) is 11.6. The average molecular weight is 431 g/mol. The number of hydrazine groups is 1. The van der Waals surface area contributed by atoms with Crippen molar-refractivity contribution in [2.45, 2.75) is 84.7 Å². The Kier molecular flexibility index (Phi) is 9.89. The summed E-state index contributed by atoms with van der Waals surface area (Å²) in [7, 11) is 0. The third-order valence-electron chi connectivity index (χ3n) is 5.72. The van der Waals surface area contributed by atoms with Crippen LogP contribution in [0.1, 0.15) is 76.8 Å². The Labute approximate surface area is 187 Å². The van der Waals surface area contributed by atoms with Crippen LogP contribution in [0.2, 0.25) is 0 Å². The molecule has 1 heterocycles. The number of hydrogen-bond acceptors (Lipinski definition) is 4. The average Bonchev–Trinajstić information content (AvgIpc) is 2.72. The van der Waals surface area contributed by atoms with Gasteiger partial charge in [-0.25, -0.2) is 19.6 Å². The van der Waals surface area contributed by atoms with Crippen molar-refractivity contribution < 1.29 is 19.1 Å². The fourth-order valence-electron chi connectivity index (χ4n) is 4.06. The molecule has 6 heteroatoms. The fraction of sp³-hybridized carbons (Fsp3) is 0.600.